The van der Waals surface area contributed by atoms with Crippen LogP contribution in [-0.2, 0) is 0 Å². The van der Waals surface area contributed by atoms with Crippen molar-refractivity contribution in [3.8, 4) is 0 Å². The molecular formula is C7H16B. The average molecular weight is 111 g/mol. The molecule has 0 atom stereocenters. The Balaban J connectivity index is 3.39. The van der Waals surface area contributed by atoms with Gasteiger partial charge in [-0.2, -0.15) is 0 Å². The molecule has 0 fully saturated rings. The van der Waals surface area contributed by atoms with Crippen molar-refractivity contribution < 1.29 is 0 Å². The highest BCUT2D eigenvalue weighted by atomic mass is 14.0. The average Bonchev–Trinajstić information content (AvgIpc) is 1.21. The molecule has 47 valence electrons. The molecule has 0 nitrogen and oxygen atoms in total. The van der Waals surface area contributed by atoms with Crippen LogP contribution in [0, 0.1) is 0 Å². The van der Waals surface area contributed by atoms with E-state index in [1.54, 1.807) is 0 Å². The van der Waals surface area contributed by atoms with Crippen LogP contribution < -0.4 is 0 Å². The van der Waals surface area contributed by atoms with Crippen LogP contribution >= 0.6 is 0 Å². The zero-order valence-corrected chi connectivity index (χ0v) is 6.65. The third-order valence-corrected chi connectivity index (χ3v) is 0.833. The van der Waals surface area contributed by atoms with Crippen molar-refractivity contribution in [1.82, 2.24) is 0 Å². The molecule has 0 saturated heterocycles. The van der Waals surface area contributed by atoms with Crippen molar-refractivity contribution in [2.24, 2.45) is 0 Å². The van der Waals surface area contributed by atoms with Gasteiger partial charge in [0.1, 0.15) is 7.28 Å². The summed E-state index contributed by atoms with van der Waals surface area (Å²) in [5.41, 5.74) is 0. The van der Waals surface area contributed by atoms with Gasteiger partial charge in [-0.15, -0.1) is 0 Å². The molecule has 0 unspecified atom stereocenters. The van der Waals surface area contributed by atoms with E-state index in [1.807, 2.05) is 0 Å². The SMILES string of the molecule is CC(C)[B]C(C)(C)C. The molecule has 0 aromatic carbocycles. The molecule has 0 rings (SSSR count). The maximum absolute atomic E-state index is 2.35. The Bertz CT molecular complexity index is 59.3. The van der Waals surface area contributed by atoms with E-state index in [0.717, 1.165) is 5.82 Å². The lowest BCUT2D eigenvalue weighted by Crippen LogP contribution is -2.10. The summed E-state index contributed by atoms with van der Waals surface area (Å²) in [6.07, 6.45) is 0. The topological polar surface area (TPSA) is 0 Å². The molecule has 0 saturated carbocycles. The lowest BCUT2D eigenvalue weighted by Gasteiger charge is -2.18. The predicted octanol–water partition coefficient (Wildman–Crippen LogP) is 2.74. The van der Waals surface area contributed by atoms with Crippen LogP contribution in [0.2, 0.25) is 11.1 Å². The number of hydrogen-bond donors (Lipinski definition) is 0. The Labute approximate surface area is 53.9 Å². The van der Waals surface area contributed by atoms with Crippen LogP contribution in [-0.4, -0.2) is 7.28 Å². The van der Waals surface area contributed by atoms with Gasteiger partial charge in [0, 0.05) is 0 Å². The molecule has 8 heavy (non-hydrogen) atoms. The molecule has 0 bridgehead atoms. The van der Waals surface area contributed by atoms with Gasteiger partial charge in [0.05, 0.1) is 0 Å². The molecule has 0 aliphatic heterocycles. The first-order valence-corrected chi connectivity index (χ1v) is 3.28. The van der Waals surface area contributed by atoms with Gasteiger partial charge in [-0.3, -0.25) is 0 Å². The molecule has 0 aliphatic rings. The summed E-state index contributed by atoms with van der Waals surface area (Å²) in [4.78, 5) is 0. The van der Waals surface area contributed by atoms with Crippen molar-refractivity contribution in [2.75, 3.05) is 0 Å². The van der Waals surface area contributed by atoms with Crippen molar-refractivity contribution in [3.05, 3.63) is 0 Å². The quantitative estimate of drug-likeness (QED) is 0.456. The van der Waals surface area contributed by atoms with E-state index in [9.17, 15) is 0 Å². The van der Waals surface area contributed by atoms with E-state index in [2.05, 4.69) is 41.9 Å². The minimum absolute atomic E-state index is 0.397. The zero-order chi connectivity index (χ0) is 6.78. The Morgan fingerprint density at radius 3 is 1.50 bits per heavy atom. The Morgan fingerprint density at radius 1 is 1.12 bits per heavy atom. The van der Waals surface area contributed by atoms with Crippen molar-refractivity contribution >= 4 is 7.28 Å². The molecule has 0 aromatic rings. The maximum atomic E-state index is 2.35. The summed E-state index contributed by atoms with van der Waals surface area (Å²) >= 11 is 0. The van der Waals surface area contributed by atoms with E-state index in [-0.39, 0.29) is 0 Å². The fraction of sp³-hybridized carbons (Fsp3) is 1.00. The zero-order valence-electron chi connectivity index (χ0n) is 6.65. The highest BCUT2D eigenvalue weighted by molar-refractivity contribution is 6.41. The first-order valence-electron chi connectivity index (χ1n) is 3.28. The summed E-state index contributed by atoms with van der Waals surface area (Å²) in [5, 5.41) is 0.397. The third-order valence-electron chi connectivity index (χ3n) is 0.833. The molecule has 0 aliphatic carbocycles. The van der Waals surface area contributed by atoms with Crippen LogP contribution in [0.15, 0.2) is 0 Å². The van der Waals surface area contributed by atoms with E-state index < -0.39 is 0 Å². The van der Waals surface area contributed by atoms with Crippen LogP contribution in [0.1, 0.15) is 34.6 Å². The molecule has 1 radical (unpaired) electrons. The second kappa shape index (κ2) is 2.57. The van der Waals surface area contributed by atoms with Crippen molar-refractivity contribution in [1.29, 1.82) is 0 Å². The Kier molecular flexibility index (Phi) is 2.59. The second-order valence-electron chi connectivity index (χ2n) is 3.78. The van der Waals surface area contributed by atoms with Gasteiger partial charge >= 0.3 is 0 Å². The van der Waals surface area contributed by atoms with E-state index in [4.69, 9.17) is 0 Å². The summed E-state index contributed by atoms with van der Waals surface area (Å²) in [6.45, 7) is 11.1. The van der Waals surface area contributed by atoms with Gasteiger partial charge in [-0.1, -0.05) is 45.8 Å². The molecule has 0 amide bonds. The summed E-state index contributed by atoms with van der Waals surface area (Å²) < 4.78 is 0. The first-order chi connectivity index (χ1) is 3.42. The lowest BCUT2D eigenvalue weighted by molar-refractivity contribution is 0.736. The second-order valence-corrected chi connectivity index (χ2v) is 3.78. The molecule has 0 spiro atoms. The van der Waals surface area contributed by atoms with Gasteiger partial charge in [-0.25, -0.2) is 0 Å². The highest BCUT2D eigenvalue weighted by Gasteiger charge is 2.13. The largest absolute Gasteiger partial charge is 0.120 e. The molecule has 0 aromatic heterocycles. The van der Waals surface area contributed by atoms with Crippen molar-refractivity contribution in [3.63, 3.8) is 0 Å². The van der Waals surface area contributed by atoms with Crippen LogP contribution in [0.5, 0.6) is 0 Å². The molecular weight excluding hydrogens is 94.9 g/mol. The van der Waals surface area contributed by atoms with Gasteiger partial charge < -0.3 is 0 Å². The molecule has 1 heteroatoms. The summed E-state index contributed by atoms with van der Waals surface area (Å²) in [5.74, 6) is 0.718. The van der Waals surface area contributed by atoms with Gasteiger partial charge in [0.15, 0.2) is 0 Å². The van der Waals surface area contributed by atoms with Crippen LogP contribution in [0.25, 0.3) is 0 Å². The smallest absolute Gasteiger partial charge is 0.0738 e. The predicted molar refractivity (Wildman–Crippen MR) is 40.6 cm³/mol. The van der Waals surface area contributed by atoms with E-state index >= 15 is 0 Å². The lowest BCUT2D eigenvalue weighted by atomic mass is 9.49. The molecule has 0 N–H and O–H groups in total. The standard InChI is InChI=1S/C7H16B/c1-6(2)8-7(3,4)5/h6H,1-5H3. The third kappa shape index (κ3) is 6.06. The number of hydrogen-bond acceptors (Lipinski definition) is 0. The monoisotopic (exact) mass is 111 g/mol. The normalized spacial score (nSPS) is 12.2. The Hall–Kier alpha value is 0.0649. The maximum Gasteiger partial charge on any atom is 0.120 e. The van der Waals surface area contributed by atoms with Gasteiger partial charge in [0.2, 0.25) is 0 Å². The highest BCUT2D eigenvalue weighted by Crippen LogP contribution is 2.24. The summed E-state index contributed by atoms with van der Waals surface area (Å²) in [7, 11) is 2.35. The van der Waals surface area contributed by atoms with Crippen LogP contribution in [0.3, 0.4) is 0 Å². The van der Waals surface area contributed by atoms with Crippen LogP contribution in [0.4, 0.5) is 0 Å². The Morgan fingerprint density at radius 2 is 1.50 bits per heavy atom. The van der Waals surface area contributed by atoms with Gasteiger partial charge in [0.25, 0.3) is 0 Å². The van der Waals surface area contributed by atoms with E-state index in [0.29, 0.717) is 5.31 Å². The minimum Gasteiger partial charge on any atom is -0.0738 e. The van der Waals surface area contributed by atoms with E-state index in [1.165, 1.54) is 0 Å². The summed E-state index contributed by atoms with van der Waals surface area (Å²) in [6, 6.07) is 0. The minimum atomic E-state index is 0.397. The fourth-order valence-electron chi connectivity index (χ4n) is 1.00. The van der Waals surface area contributed by atoms with Crippen molar-refractivity contribution in [2.45, 2.75) is 45.8 Å². The van der Waals surface area contributed by atoms with Gasteiger partial charge in [-0.05, 0) is 0 Å². The number of rotatable bonds is 1. The fourth-order valence-corrected chi connectivity index (χ4v) is 1.00. The first kappa shape index (κ1) is 8.06. The molecule has 0 heterocycles.